The van der Waals surface area contributed by atoms with Gasteiger partial charge in [0.2, 0.25) is 0 Å². The van der Waals surface area contributed by atoms with Crippen LogP contribution in [-0.4, -0.2) is 38.1 Å². The maximum Gasteiger partial charge on any atom is 0.501 e. The molecule has 1 aromatic carbocycles. The third-order valence-electron chi connectivity index (χ3n) is 3.33. The van der Waals surface area contributed by atoms with Crippen LogP contribution in [0.3, 0.4) is 0 Å². The standard InChI is InChI=1S/C12H13F3N2O5S/c13-12(14,15)23(20,21)9-3-4-10(11(6-9)17(18)19)16-7-8-2-1-5-22-8/h3-4,6,8,16H,1-2,5,7H2/t8-/m0/s1. The van der Waals surface area contributed by atoms with Gasteiger partial charge in [0.15, 0.2) is 0 Å². The minimum absolute atomic E-state index is 0.0633. The van der Waals surface area contributed by atoms with Crippen molar-refractivity contribution in [1.82, 2.24) is 0 Å². The SMILES string of the molecule is O=[N+]([O-])c1cc(S(=O)(=O)C(F)(F)F)ccc1NC[C@@H]1CCCO1. The summed E-state index contributed by atoms with van der Waals surface area (Å²) in [5.41, 5.74) is -6.33. The molecule has 1 fully saturated rings. The van der Waals surface area contributed by atoms with Crippen LogP contribution in [0.4, 0.5) is 24.5 Å². The highest BCUT2D eigenvalue weighted by Gasteiger charge is 2.47. The summed E-state index contributed by atoms with van der Waals surface area (Å²) >= 11 is 0. The Labute approximate surface area is 129 Å². The van der Waals surface area contributed by atoms with Gasteiger partial charge in [0.1, 0.15) is 5.69 Å². The molecule has 0 aromatic heterocycles. The number of halogens is 3. The van der Waals surface area contributed by atoms with Gasteiger partial charge in [-0.05, 0) is 25.0 Å². The molecule has 0 bridgehead atoms. The average molecular weight is 354 g/mol. The Balaban J connectivity index is 2.29. The fraction of sp³-hybridized carbons (Fsp3) is 0.500. The zero-order chi connectivity index (χ0) is 17.3. The molecule has 23 heavy (non-hydrogen) atoms. The molecule has 0 amide bonds. The third-order valence-corrected chi connectivity index (χ3v) is 4.81. The van der Waals surface area contributed by atoms with E-state index in [0.29, 0.717) is 18.7 Å². The molecule has 1 saturated heterocycles. The molecular weight excluding hydrogens is 341 g/mol. The molecule has 1 N–H and O–H groups in total. The second kappa shape index (κ2) is 6.32. The Morgan fingerprint density at radius 1 is 1.39 bits per heavy atom. The lowest BCUT2D eigenvalue weighted by molar-refractivity contribution is -0.384. The quantitative estimate of drug-likeness (QED) is 0.644. The van der Waals surface area contributed by atoms with Gasteiger partial charge in [-0.3, -0.25) is 10.1 Å². The van der Waals surface area contributed by atoms with Gasteiger partial charge in [0.25, 0.3) is 15.5 Å². The van der Waals surface area contributed by atoms with E-state index in [9.17, 15) is 31.7 Å². The summed E-state index contributed by atoms with van der Waals surface area (Å²) < 4.78 is 65.5. The summed E-state index contributed by atoms with van der Waals surface area (Å²) in [6, 6.07) is 2.04. The van der Waals surface area contributed by atoms with E-state index in [-0.39, 0.29) is 18.3 Å². The van der Waals surface area contributed by atoms with Crippen LogP contribution >= 0.6 is 0 Å². The molecule has 1 atom stereocenters. The Kier molecular flexibility index (Phi) is 4.80. The second-order valence-corrected chi connectivity index (χ2v) is 6.84. The van der Waals surface area contributed by atoms with Crippen molar-refractivity contribution in [3.8, 4) is 0 Å². The molecule has 0 aliphatic carbocycles. The average Bonchev–Trinajstić information content (AvgIpc) is 2.96. The zero-order valence-corrected chi connectivity index (χ0v) is 12.5. The minimum Gasteiger partial charge on any atom is -0.377 e. The van der Waals surface area contributed by atoms with E-state index < -0.39 is 30.9 Å². The lowest BCUT2D eigenvalue weighted by Crippen LogP contribution is -2.23. The first-order valence-corrected chi connectivity index (χ1v) is 8.06. The smallest absolute Gasteiger partial charge is 0.377 e. The topological polar surface area (TPSA) is 98.5 Å². The van der Waals surface area contributed by atoms with Gasteiger partial charge in [-0.2, -0.15) is 13.2 Å². The number of hydrogen-bond acceptors (Lipinski definition) is 6. The minimum atomic E-state index is -5.64. The van der Waals surface area contributed by atoms with Gasteiger partial charge in [-0.1, -0.05) is 0 Å². The van der Waals surface area contributed by atoms with Crippen molar-refractivity contribution in [2.24, 2.45) is 0 Å². The van der Waals surface area contributed by atoms with E-state index in [4.69, 9.17) is 4.74 Å². The first kappa shape index (κ1) is 17.5. The van der Waals surface area contributed by atoms with Gasteiger partial charge in [-0.25, -0.2) is 8.42 Å². The summed E-state index contributed by atoms with van der Waals surface area (Å²) in [7, 11) is -5.64. The van der Waals surface area contributed by atoms with Crippen LogP contribution in [0.25, 0.3) is 0 Å². The predicted molar refractivity (Wildman–Crippen MR) is 73.8 cm³/mol. The second-order valence-electron chi connectivity index (χ2n) is 4.90. The first-order chi connectivity index (χ1) is 10.6. The Morgan fingerprint density at radius 3 is 2.61 bits per heavy atom. The molecule has 0 radical (unpaired) electrons. The molecule has 128 valence electrons. The van der Waals surface area contributed by atoms with Crippen LogP contribution in [0, 0.1) is 10.1 Å². The Hall–Kier alpha value is -1.88. The lowest BCUT2D eigenvalue weighted by atomic mass is 10.2. The van der Waals surface area contributed by atoms with Crippen LogP contribution in [0.1, 0.15) is 12.8 Å². The molecule has 7 nitrogen and oxygen atoms in total. The van der Waals surface area contributed by atoms with Gasteiger partial charge in [-0.15, -0.1) is 0 Å². The molecule has 0 spiro atoms. The zero-order valence-electron chi connectivity index (χ0n) is 11.7. The van der Waals surface area contributed by atoms with Crippen LogP contribution < -0.4 is 5.32 Å². The summed E-state index contributed by atoms with van der Waals surface area (Å²) in [5.74, 6) is 0. The number of ether oxygens (including phenoxy) is 1. The molecule has 1 heterocycles. The molecule has 1 aliphatic heterocycles. The number of nitrogens with zero attached hydrogens (tertiary/aromatic N) is 1. The van der Waals surface area contributed by atoms with E-state index in [1.807, 2.05) is 0 Å². The molecule has 0 unspecified atom stereocenters. The molecule has 1 aliphatic rings. The maximum atomic E-state index is 12.5. The van der Waals surface area contributed by atoms with E-state index in [1.54, 1.807) is 0 Å². The summed E-state index contributed by atoms with van der Waals surface area (Å²) in [5, 5.41) is 13.7. The van der Waals surface area contributed by atoms with Crippen LogP contribution in [0.15, 0.2) is 23.1 Å². The van der Waals surface area contributed by atoms with Crippen molar-refractivity contribution in [1.29, 1.82) is 0 Å². The molecule has 2 rings (SSSR count). The number of sulfone groups is 1. The van der Waals surface area contributed by atoms with Crippen LogP contribution in [0.2, 0.25) is 0 Å². The van der Waals surface area contributed by atoms with Crippen molar-refractivity contribution in [2.75, 3.05) is 18.5 Å². The summed E-state index contributed by atoms with van der Waals surface area (Å²) in [6.45, 7) is 0.823. The van der Waals surface area contributed by atoms with Gasteiger partial charge in [0, 0.05) is 19.2 Å². The van der Waals surface area contributed by atoms with Crippen molar-refractivity contribution >= 4 is 21.2 Å². The summed E-state index contributed by atoms with van der Waals surface area (Å²) in [4.78, 5) is 8.90. The van der Waals surface area contributed by atoms with Gasteiger partial charge >= 0.3 is 5.51 Å². The molecule has 1 aromatic rings. The molecular formula is C12H13F3N2O5S. The van der Waals surface area contributed by atoms with E-state index in [1.165, 1.54) is 0 Å². The number of rotatable bonds is 5. The number of hydrogen-bond donors (Lipinski definition) is 1. The van der Waals surface area contributed by atoms with E-state index >= 15 is 0 Å². The van der Waals surface area contributed by atoms with Crippen molar-refractivity contribution in [2.45, 2.75) is 29.3 Å². The van der Waals surface area contributed by atoms with E-state index in [2.05, 4.69) is 5.32 Å². The highest BCUT2D eigenvalue weighted by atomic mass is 32.2. The fourth-order valence-electron chi connectivity index (χ4n) is 2.14. The van der Waals surface area contributed by atoms with Gasteiger partial charge < -0.3 is 10.1 Å². The summed E-state index contributed by atoms with van der Waals surface area (Å²) in [6.07, 6.45) is 1.48. The van der Waals surface area contributed by atoms with Crippen LogP contribution in [-0.2, 0) is 14.6 Å². The number of nitro benzene ring substituents is 1. The number of alkyl halides is 3. The monoisotopic (exact) mass is 354 g/mol. The van der Waals surface area contributed by atoms with Crippen molar-refractivity contribution in [3.63, 3.8) is 0 Å². The molecule has 11 heteroatoms. The lowest BCUT2D eigenvalue weighted by Gasteiger charge is -2.13. The number of nitro groups is 1. The van der Waals surface area contributed by atoms with Crippen molar-refractivity contribution < 1.29 is 31.2 Å². The number of nitrogens with one attached hydrogen (secondary N) is 1. The number of anilines is 1. The molecule has 0 saturated carbocycles. The highest BCUT2D eigenvalue weighted by molar-refractivity contribution is 7.92. The largest absolute Gasteiger partial charge is 0.501 e. The Bertz CT molecular complexity index is 699. The Morgan fingerprint density at radius 2 is 2.09 bits per heavy atom. The maximum absolute atomic E-state index is 12.5. The number of benzene rings is 1. The van der Waals surface area contributed by atoms with Crippen molar-refractivity contribution in [3.05, 3.63) is 28.3 Å². The first-order valence-electron chi connectivity index (χ1n) is 6.58. The van der Waals surface area contributed by atoms with Crippen LogP contribution in [0.5, 0.6) is 0 Å². The predicted octanol–water partition coefficient (Wildman–Crippen LogP) is 2.48. The third kappa shape index (κ3) is 3.72. The highest BCUT2D eigenvalue weighted by Crippen LogP contribution is 2.34. The van der Waals surface area contributed by atoms with Gasteiger partial charge in [0.05, 0.1) is 15.9 Å². The fourth-order valence-corrected chi connectivity index (χ4v) is 2.92. The normalized spacial score (nSPS) is 18.8. The van der Waals surface area contributed by atoms with E-state index in [0.717, 1.165) is 18.9 Å².